The molecule has 12 N–H and O–H groups in total. The fourth-order valence-electron chi connectivity index (χ4n) is 8.92. The van der Waals surface area contributed by atoms with Gasteiger partial charge in [-0.1, -0.05) is 156 Å². The molecule has 3 aliphatic rings. The number of hydrogen-bond acceptors (Lipinski definition) is 18. The third kappa shape index (κ3) is 25.7. The number of allylic oxidation sites excluding steroid dienone is 15. The van der Waals surface area contributed by atoms with Crippen molar-refractivity contribution in [2.75, 3.05) is 26.4 Å². The van der Waals surface area contributed by atoms with E-state index in [1.165, 1.54) is 0 Å². The number of amides is 1. The molecule has 19 nitrogen and oxygen atoms in total. The molecule has 17 atom stereocenters. The van der Waals surface area contributed by atoms with Crippen LogP contribution in [0, 0.1) is 0 Å². The van der Waals surface area contributed by atoms with Crippen LogP contribution in [0.5, 0.6) is 0 Å². The average Bonchev–Trinajstić information content (AvgIpc) is 3.48. The molecule has 3 aliphatic heterocycles. The van der Waals surface area contributed by atoms with Crippen molar-refractivity contribution in [1.29, 1.82) is 0 Å². The molecule has 78 heavy (non-hydrogen) atoms. The summed E-state index contributed by atoms with van der Waals surface area (Å²) in [7, 11) is 0. The van der Waals surface area contributed by atoms with Crippen LogP contribution in [0.3, 0.4) is 0 Å². The van der Waals surface area contributed by atoms with Crippen molar-refractivity contribution in [3.63, 3.8) is 0 Å². The Hall–Kier alpha value is -3.29. The van der Waals surface area contributed by atoms with Crippen LogP contribution >= 0.6 is 0 Å². The van der Waals surface area contributed by atoms with Gasteiger partial charge in [-0.2, -0.15) is 0 Å². The third-order valence-electron chi connectivity index (χ3n) is 13.6. The number of carbonyl (C=O) groups excluding carboxylic acids is 1. The van der Waals surface area contributed by atoms with E-state index in [1.807, 2.05) is 6.92 Å². The van der Waals surface area contributed by atoms with E-state index in [2.05, 4.69) is 97.3 Å². The van der Waals surface area contributed by atoms with Crippen molar-refractivity contribution in [2.45, 2.75) is 240 Å². The van der Waals surface area contributed by atoms with Crippen molar-refractivity contribution in [1.82, 2.24) is 5.32 Å². The number of nitrogens with one attached hydrogen (secondary N) is 1. The van der Waals surface area contributed by atoms with Crippen LogP contribution < -0.4 is 5.32 Å². The molecule has 3 saturated heterocycles. The zero-order chi connectivity index (χ0) is 56.9. The summed E-state index contributed by atoms with van der Waals surface area (Å²) in [5, 5.41) is 119. The van der Waals surface area contributed by atoms with Gasteiger partial charge in [-0.3, -0.25) is 4.79 Å². The number of aliphatic hydroxyl groups excluding tert-OH is 11. The van der Waals surface area contributed by atoms with E-state index in [1.54, 1.807) is 12.2 Å². The summed E-state index contributed by atoms with van der Waals surface area (Å²) < 4.78 is 34.0. The lowest BCUT2D eigenvalue weighted by molar-refractivity contribution is -0.379. The minimum atomic E-state index is -1.98. The highest BCUT2D eigenvalue weighted by Crippen LogP contribution is 2.33. The highest BCUT2D eigenvalue weighted by molar-refractivity contribution is 5.76. The monoisotopic (exact) mass is 1110 g/mol. The predicted octanol–water partition coefficient (Wildman–Crippen LogP) is 4.20. The van der Waals surface area contributed by atoms with E-state index in [0.29, 0.717) is 12.8 Å². The van der Waals surface area contributed by atoms with Gasteiger partial charge >= 0.3 is 0 Å². The maximum absolute atomic E-state index is 13.2. The summed E-state index contributed by atoms with van der Waals surface area (Å²) in [4.78, 5) is 13.2. The van der Waals surface area contributed by atoms with E-state index < -0.39 is 124 Å². The summed E-state index contributed by atoms with van der Waals surface area (Å²) in [6.07, 6.45) is 25.0. The zero-order valence-electron chi connectivity index (χ0n) is 46.1. The second-order valence-corrected chi connectivity index (χ2v) is 20.0. The van der Waals surface area contributed by atoms with Gasteiger partial charge in [0, 0.05) is 6.42 Å². The van der Waals surface area contributed by atoms with Gasteiger partial charge in [-0.25, -0.2) is 0 Å². The van der Waals surface area contributed by atoms with E-state index in [4.69, 9.17) is 28.4 Å². The molecule has 446 valence electrons. The van der Waals surface area contributed by atoms with Crippen LogP contribution in [0.15, 0.2) is 97.2 Å². The lowest BCUT2D eigenvalue weighted by Gasteiger charge is -2.48. The van der Waals surface area contributed by atoms with E-state index >= 15 is 0 Å². The van der Waals surface area contributed by atoms with Crippen molar-refractivity contribution >= 4 is 5.91 Å². The Balaban J connectivity index is 1.36. The van der Waals surface area contributed by atoms with Gasteiger partial charge in [-0.05, 0) is 70.6 Å². The minimum absolute atomic E-state index is 0.221. The van der Waals surface area contributed by atoms with Crippen molar-refractivity contribution in [3.05, 3.63) is 97.2 Å². The second kappa shape index (κ2) is 41.7. The first-order valence-electron chi connectivity index (χ1n) is 28.5. The van der Waals surface area contributed by atoms with Crippen molar-refractivity contribution < 1.29 is 89.4 Å². The zero-order valence-corrected chi connectivity index (χ0v) is 46.1. The maximum atomic E-state index is 13.2. The summed E-state index contributed by atoms with van der Waals surface area (Å²) in [5.74, 6) is -0.303. The number of carbonyl (C=O) groups is 1. The standard InChI is InChI=1S/C59H97NO18/c1-3-5-7-9-10-11-12-13-14-15-16-17-18-19-20-21-22-23-24-25-26-27-28-29-30-31-32-33-35-37-47(65)60-42(43(64)36-34-8-6-4-2)41-73-57-53(71)50(68)55(45(39-62)75-57)78-59-54(72)51(69)56(46(40-63)76-59)77-58-52(70)49(67)48(66)44(38-61)74-58/h5,7,10-11,13-14,16-17,19-20,22-23,25-26,34,36,42-46,48-59,61-64,66-72H,3-4,6,8-9,12,15,18,21,24,27-33,35,37-41H2,1-2H3,(H,60,65)/b7-5-,11-10-,14-13-,17-16-,20-19-,23-22-,26-25-,36-34+. The van der Waals surface area contributed by atoms with Crippen LogP contribution in [0.25, 0.3) is 0 Å². The molecule has 0 bridgehead atoms. The minimum Gasteiger partial charge on any atom is -0.394 e. The molecule has 0 aromatic rings. The Labute approximate surface area is 463 Å². The Morgan fingerprint density at radius 2 is 0.885 bits per heavy atom. The summed E-state index contributed by atoms with van der Waals surface area (Å²) in [6, 6.07) is -0.981. The fourth-order valence-corrected chi connectivity index (χ4v) is 8.92. The van der Waals surface area contributed by atoms with Crippen LogP contribution in [0.1, 0.15) is 136 Å². The van der Waals surface area contributed by atoms with Gasteiger partial charge in [0.2, 0.25) is 5.91 Å². The number of rotatable bonds is 39. The van der Waals surface area contributed by atoms with Crippen LogP contribution in [0.4, 0.5) is 0 Å². The Kier molecular flexibility index (Phi) is 36.8. The second-order valence-electron chi connectivity index (χ2n) is 20.0. The largest absolute Gasteiger partial charge is 0.394 e. The molecule has 3 heterocycles. The van der Waals surface area contributed by atoms with Crippen molar-refractivity contribution in [2.24, 2.45) is 0 Å². The summed E-state index contributed by atoms with van der Waals surface area (Å²) in [5.41, 5.74) is 0. The molecular weight excluding hydrogens is 1010 g/mol. The normalized spacial score (nSPS) is 31.2. The van der Waals surface area contributed by atoms with E-state index in [9.17, 15) is 61.0 Å². The molecule has 0 spiro atoms. The van der Waals surface area contributed by atoms with Gasteiger partial charge < -0.3 is 89.9 Å². The molecule has 17 unspecified atom stereocenters. The number of ether oxygens (including phenoxy) is 6. The SMILES string of the molecule is CC/C=C\C/C=C\C/C=C\C/C=C\C/C=C\C/C=C\C/C=C\CCCCCCCCCC(=O)NC(COC1OC(CO)C(OC2OC(CO)C(OC3OC(CO)C(O)C(O)C3O)C(O)C2O)C(O)C1O)C(O)/C=C/CCCC. The molecule has 19 heteroatoms. The third-order valence-corrected chi connectivity index (χ3v) is 13.6. The highest BCUT2D eigenvalue weighted by Gasteiger charge is 2.53. The smallest absolute Gasteiger partial charge is 0.220 e. The van der Waals surface area contributed by atoms with E-state index in [-0.39, 0.29) is 18.9 Å². The number of hydrogen-bond donors (Lipinski definition) is 12. The topological polar surface area (TPSA) is 307 Å². The molecule has 0 aromatic heterocycles. The molecule has 1 amide bonds. The summed E-state index contributed by atoms with van der Waals surface area (Å²) >= 11 is 0. The highest BCUT2D eigenvalue weighted by atomic mass is 16.8. The molecule has 0 aliphatic carbocycles. The maximum Gasteiger partial charge on any atom is 0.220 e. The Bertz CT molecular complexity index is 1800. The predicted molar refractivity (Wildman–Crippen MR) is 295 cm³/mol. The van der Waals surface area contributed by atoms with Gasteiger partial charge in [0.1, 0.15) is 73.2 Å². The van der Waals surface area contributed by atoms with Gasteiger partial charge in [0.05, 0.1) is 38.6 Å². The Morgan fingerprint density at radius 3 is 1.37 bits per heavy atom. The number of unbranched alkanes of at least 4 members (excludes halogenated alkanes) is 9. The first kappa shape index (κ1) is 69.0. The lowest BCUT2D eigenvalue weighted by Crippen LogP contribution is -2.66. The fraction of sp³-hybridized carbons (Fsp3) is 0.712. The van der Waals surface area contributed by atoms with Crippen LogP contribution in [-0.4, -0.2) is 193 Å². The van der Waals surface area contributed by atoms with Gasteiger partial charge in [-0.15, -0.1) is 0 Å². The van der Waals surface area contributed by atoms with Crippen LogP contribution in [0.2, 0.25) is 0 Å². The number of aliphatic hydroxyl groups is 11. The molecule has 3 fully saturated rings. The molecule has 0 saturated carbocycles. The average molecular weight is 1110 g/mol. The summed E-state index contributed by atoms with van der Waals surface area (Å²) in [6.45, 7) is 1.38. The molecular formula is C59H97NO18. The van der Waals surface area contributed by atoms with E-state index in [0.717, 1.165) is 103 Å². The lowest BCUT2D eigenvalue weighted by atomic mass is 9.96. The molecule has 0 radical (unpaired) electrons. The molecule has 3 rings (SSSR count). The first-order chi connectivity index (χ1) is 37.8. The molecule has 0 aromatic carbocycles. The van der Waals surface area contributed by atoms with Crippen LogP contribution in [-0.2, 0) is 33.2 Å². The van der Waals surface area contributed by atoms with Crippen molar-refractivity contribution in [3.8, 4) is 0 Å². The van der Waals surface area contributed by atoms with Gasteiger partial charge in [0.25, 0.3) is 0 Å². The van der Waals surface area contributed by atoms with Gasteiger partial charge in [0.15, 0.2) is 18.9 Å². The quantitative estimate of drug-likeness (QED) is 0.0303. The Morgan fingerprint density at radius 1 is 0.474 bits per heavy atom. The first-order valence-corrected chi connectivity index (χ1v) is 28.5.